The van der Waals surface area contributed by atoms with E-state index in [2.05, 4.69) is 45.6 Å². The molecule has 2 heterocycles. The van der Waals surface area contributed by atoms with Crippen LogP contribution in [0.15, 0.2) is 18.2 Å². The summed E-state index contributed by atoms with van der Waals surface area (Å²) in [5.74, 6) is 1.83. The zero-order valence-electron chi connectivity index (χ0n) is 10.7. The number of nitrogens with zero attached hydrogens (tertiary/aromatic N) is 2. The molecule has 0 amide bonds. The number of aromatic nitrogens is 3. The maximum absolute atomic E-state index is 4.59. The number of aromatic amines is 1. The van der Waals surface area contributed by atoms with Gasteiger partial charge in [-0.25, -0.2) is 4.98 Å². The maximum Gasteiger partial charge on any atom is 0.181 e. The van der Waals surface area contributed by atoms with Gasteiger partial charge in [-0.2, -0.15) is 5.10 Å². The van der Waals surface area contributed by atoms with Gasteiger partial charge in [-0.15, -0.1) is 0 Å². The summed E-state index contributed by atoms with van der Waals surface area (Å²) in [6.45, 7) is 4.14. The molecule has 0 aliphatic carbocycles. The number of benzene rings is 1. The molecule has 4 nitrogen and oxygen atoms in total. The molecule has 1 aromatic heterocycles. The van der Waals surface area contributed by atoms with E-state index >= 15 is 0 Å². The lowest BCUT2D eigenvalue weighted by Crippen LogP contribution is -2.24. The molecule has 1 aliphatic heterocycles. The predicted octanol–water partition coefficient (Wildman–Crippen LogP) is 2.07. The highest BCUT2D eigenvalue weighted by atomic mass is 15.2. The van der Waals surface area contributed by atoms with Crippen molar-refractivity contribution < 1.29 is 0 Å². The fraction of sp³-hybridized carbons (Fsp3) is 0.429. The highest BCUT2D eigenvalue weighted by Gasteiger charge is 2.16. The van der Waals surface area contributed by atoms with Crippen molar-refractivity contribution in [1.82, 2.24) is 20.5 Å². The van der Waals surface area contributed by atoms with Crippen LogP contribution in [-0.4, -0.2) is 21.7 Å². The Hall–Kier alpha value is -1.68. The van der Waals surface area contributed by atoms with Crippen LogP contribution < -0.4 is 5.32 Å². The minimum Gasteiger partial charge on any atom is -0.312 e. The number of hydrogen-bond donors (Lipinski definition) is 2. The van der Waals surface area contributed by atoms with Gasteiger partial charge in [0.15, 0.2) is 5.82 Å². The van der Waals surface area contributed by atoms with Crippen LogP contribution in [0.25, 0.3) is 11.4 Å². The van der Waals surface area contributed by atoms with Crippen LogP contribution >= 0.6 is 0 Å². The van der Waals surface area contributed by atoms with Gasteiger partial charge in [0, 0.05) is 18.5 Å². The largest absolute Gasteiger partial charge is 0.312 e. The Bertz CT molecular complexity index is 544. The molecule has 0 spiro atoms. The molecule has 0 saturated carbocycles. The maximum atomic E-state index is 4.59. The molecule has 2 N–H and O–H groups in total. The molecule has 94 valence electrons. The van der Waals surface area contributed by atoms with Crippen molar-refractivity contribution in [1.29, 1.82) is 0 Å². The summed E-state index contributed by atoms with van der Waals surface area (Å²) in [6, 6.07) is 6.41. The fourth-order valence-corrected chi connectivity index (χ4v) is 2.51. The summed E-state index contributed by atoms with van der Waals surface area (Å²) in [6.07, 6.45) is 3.11. The Kier molecular flexibility index (Phi) is 3.11. The van der Waals surface area contributed by atoms with Crippen LogP contribution in [0.2, 0.25) is 0 Å². The summed E-state index contributed by atoms with van der Waals surface area (Å²) in [7, 11) is 0. The van der Waals surface area contributed by atoms with Gasteiger partial charge in [0.05, 0.1) is 0 Å². The topological polar surface area (TPSA) is 53.6 Å². The Morgan fingerprint density at radius 2 is 2.28 bits per heavy atom. The smallest absolute Gasteiger partial charge is 0.181 e. The number of fused-ring (bicyclic) bond motifs is 1. The third kappa shape index (κ3) is 2.04. The molecule has 0 saturated heterocycles. The van der Waals surface area contributed by atoms with E-state index in [0.717, 1.165) is 44.0 Å². The lowest BCUT2D eigenvalue weighted by atomic mass is 9.95. The molecule has 4 heteroatoms. The molecule has 3 rings (SSSR count). The summed E-state index contributed by atoms with van der Waals surface area (Å²) >= 11 is 0. The van der Waals surface area contributed by atoms with Crippen molar-refractivity contribution in [2.75, 3.05) is 6.54 Å². The summed E-state index contributed by atoms with van der Waals surface area (Å²) in [5.41, 5.74) is 3.96. The molecule has 0 fully saturated rings. The average Bonchev–Trinajstić information content (AvgIpc) is 2.87. The van der Waals surface area contributed by atoms with E-state index < -0.39 is 0 Å². The number of H-pyrrole nitrogens is 1. The second kappa shape index (κ2) is 4.90. The molecule has 2 aromatic rings. The first-order valence-corrected chi connectivity index (χ1v) is 6.61. The van der Waals surface area contributed by atoms with Gasteiger partial charge in [-0.1, -0.05) is 25.1 Å². The fourth-order valence-electron chi connectivity index (χ4n) is 2.51. The number of nitrogens with one attached hydrogen (secondary N) is 2. The highest BCUT2D eigenvalue weighted by molar-refractivity contribution is 5.62. The summed E-state index contributed by atoms with van der Waals surface area (Å²) in [5, 5.41) is 10.8. The van der Waals surface area contributed by atoms with Crippen LogP contribution in [0, 0.1) is 0 Å². The molecule has 0 bridgehead atoms. The predicted molar refractivity (Wildman–Crippen MR) is 71.2 cm³/mol. The Labute approximate surface area is 107 Å². The van der Waals surface area contributed by atoms with E-state index in [1.54, 1.807) is 0 Å². The van der Waals surface area contributed by atoms with Gasteiger partial charge in [-0.3, -0.25) is 5.10 Å². The lowest BCUT2D eigenvalue weighted by molar-refractivity contribution is 0.644. The highest BCUT2D eigenvalue weighted by Crippen LogP contribution is 2.25. The molecule has 0 atom stereocenters. The lowest BCUT2D eigenvalue weighted by Gasteiger charge is -2.18. The van der Waals surface area contributed by atoms with Crippen molar-refractivity contribution in [3.63, 3.8) is 0 Å². The SMILES string of the molecule is CCCc1nc(-c2cccc3c2CCNC3)n[nH]1. The zero-order valence-corrected chi connectivity index (χ0v) is 10.7. The summed E-state index contributed by atoms with van der Waals surface area (Å²) < 4.78 is 0. The van der Waals surface area contributed by atoms with E-state index in [4.69, 9.17) is 0 Å². The van der Waals surface area contributed by atoms with E-state index in [1.165, 1.54) is 16.7 Å². The van der Waals surface area contributed by atoms with E-state index in [-0.39, 0.29) is 0 Å². The van der Waals surface area contributed by atoms with E-state index in [0.29, 0.717) is 0 Å². The first-order chi connectivity index (χ1) is 8.88. The van der Waals surface area contributed by atoms with Crippen LogP contribution in [0.4, 0.5) is 0 Å². The minimum absolute atomic E-state index is 0.845. The van der Waals surface area contributed by atoms with Gasteiger partial charge in [-0.05, 0) is 30.5 Å². The quantitative estimate of drug-likeness (QED) is 0.866. The molecule has 1 aromatic carbocycles. The molecule has 0 radical (unpaired) electrons. The van der Waals surface area contributed by atoms with Crippen molar-refractivity contribution in [3.05, 3.63) is 35.2 Å². The zero-order chi connectivity index (χ0) is 12.4. The Morgan fingerprint density at radius 1 is 1.33 bits per heavy atom. The molecule has 18 heavy (non-hydrogen) atoms. The van der Waals surface area contributed by atoms with Crippen molar-refractivity contribution in [2.24, 2.45) is 0 Å². The van der Waals surface area contributed by atoms with Crippen molar-refractivity contribution in [3.8, 4) is 11.4 Å². The van der Waals surface area contributed by atoms with Gasteiger partial charge >= 0.3 is 0 Å². The third-order valence-corrected chi connectivity index (χ3v) is 3.40. The van der Waals surface area contributed by atoms with Crippen LogP contribution in [-0.2, 0) is 19.4 Å². The Balaban J connectivity index is 2.00. The van der Waals surface area contributed by atoms with E-state index in [1.807, 2.05) is 0 Å². The molecule has 1 aliphatic rings. The number of aryl methyl sites for hydroxylation is 1. The third-order valence-electron chi connectivity index (χ3n) is 3.40. The van der Waals surface area contributed by atoms with Gasteiger partial charge in [0.25, 0.3) is 0 Å². The second-order valence-corrected chi connectivity index (χ2v) is 4.73. The number of rotatable bonds is 3. The minimum atomic E-state index is 0.845. The van der Waals surface area contributed by atoms with Crippen molar-refractivity contribution >= 4 is 0 Å². The second-order valence-electron chi connectivity index (χ2n) is 4.73. The van der Waals surface area contributed by atoms with E-state index in [9.17, 15) is 0 Å². The average molecular weight is 242 g/mol. The molecular weight excluding hydrogens is 224 g/mol. The van der Waals surface area contributed by atoms with Gasteiger partial charge in [0.1, 0.15) is 5.82 Å². The first kappa shape index (κ1) is 11.4. The monoisotopic (exact) mass is 242 g/mol. The molecule has 0 unspecified atom stereocenters. The van der Waals surface area contributed by atoms with Gasteiger partial charge < -0.3 is 5.32 Å². The summed E-state index contributed by atoms with van der Waals surface area (Å²) in [4.78, 5) is 4.59. The molecular formula is C14H18N4. The van der Waals surface area contributed by atoms with Crippen LogP contribution in [0.3, 0.4) is 0 Å². The first-order valence-electron chi connectivity index (χ1n) is 6.61. The standard InChI is InChI=1S/C14H18N4/c1-2-4-13-16-14(18-17-13)12-6-3-5-10-9-15-8-7-11(10)12/h3,5-6,15H,2,4,7-9H2,1H3,(H,16,17,18). The van der Waals surface area contributed by atoms with Crippen LogP contribution in [0.5, 0.6) is 0 Å². The normalized spacial score (nSPS) is 14.5. The van der Waals surface area contributed by atoms with Crippen LogP contribution in [0.1, 0.15) is 30.3 Å². The van der Waals surface area contributed by atoms with Gasteiger partial charge in [0.2, 0.25) is 0 Å². The Morgan fingerprint density at radius 3 is 3.17 bits per heavy atom. The van der Waals surface area contributed by atoms with Crippen molar-refractivity contribution in [2.45, 2.75) is 32.7 Å². The number of hydrogen-bond acceptors (Lipinski definition) is 3.